The van der Waals surface area contributed by atoms with E-state index in [-0.39, 0.29) is 16.9 Å². The number of allylic oxidation sites excluding steroid dienone is 7. The summed E-state index contributed by atoms with van der Waals surface area (Å²) in [6.45, 7) is 5.26. The molecule has 0 radical (unpaired) electrons. The van der Waals surface area contributed by atoms with Gasteiger partial charge in [0.2, 0.25) is 0 Å². The summed E-state index contributed by atoms with van der Waals surface area (Å²) < 4.78 is 0. The molecule has 6 heteroatoms. The van der Waals surface area contributed by atoms with E-state index in [1.54, 1.807) is 6.08 Å². The Kier molecular flexibility index (Phi) is 6.42. The lowest BCUT2D eigenvalue weighted by Gasteiger charge is -2.27. The molecule has 0 N–H and O–H groups in total. The van der Waals surface area contributed by atoms with Gasteiger partial charge >= 0.3 is 0 Å². The Labute approximate surface area is 176 Å². The number of rotatable bonds is 7. The second kappa shape index (κ2) is 8.82. The van der Waals surface area contributed by atoms with E-state index in [0.717, 1.165) is 30.8 Å². The molecular weight excluding hydrogens is 384 g/mol. The Morgan fingerprint density at radius 2 is 1.93 bits per heavy atom. The average Bonchev–Trinajstić information content (AvgIpc) is 2.91. The molecule has 0 fully saturated rings. The number of unbranched alkanes of at least 4 members (excludes halogenated alkanes) is 1. The van der Waals surface area contributed by atoms with Crippen LogP contribution in [-0.4, -0.2) is 29.3 Å². The van der Waals surface area contributed by atoms with Gasteiger partial charge in [0, 0.05) is 41.1 Å². The fourth-order valence-electron chi connectivity index (χ4n) is 3.85. The SMILES string of the molecule is CSCCCCN1/C(=C\C=C2\C=C([N+](=O)[O-])C=CC2=O)C(C)(C)c2ccccc21. The fourth-order valence-corrected chi connectivity index (χ4v) is 4.34. The minimum Gasteiger partial charge on any atom is -0.344 e. The molecule has 0 atom stereocenters. The van der Waals surface area contributed by atoms with Gasteiger partial charge < -0.3 is 4.90 Å². The summed E-state index contributed by atoms with van der Waals surface area (Å²) in [5.74, 6) is 0.921. The Balaban J connectivity index is 1.97. The van der Waals surface area contributed by atoms with Crippen LogP contribution in [0.1, 0.15) is 32.3 Å². The largest absolute Gasteiger partial charge is 0.344 e. The van der Waals surface area contributed by atoms with E-state index in [2.05, 4.69) is 43.2 Å². The van der Waals surface area contributed by atoms with Crippen LogP contribution in [0.4, 0.5) is 5.69 Å². The Bertz CT molecular complexity index is 941. The maximum absolute atomic E-state index is 12.2. The monoisotopic (exact) mass is 410 g/mol. The Hall–Kier alpha value is -2.60. The molecule has 1 aliphatic carbocycles. The number of hydrogen-bond acceptors (Lipinski definition) is 5. The zero-order chi connectivity index (χ0) is 21.0. The second-order valence-electron chi connectivity index (χ2n) is 7.69. The van der Waals surface area contributed by atoms with Crippen molar-refractivity contribution in [3.05, 3.63) is 87.3 Å². The van der Waals surface area contributed by atoms with Crippen LogP contribution in [0.2, 0.25) is 0 Å². The first kappa shape index (κ1) is 21.1. The van der Waals surface area contributed by atoms with Gasteiger partial charge in [-0.3, -0.25) is 14.9 Å². The standard InChI is InChI=1S/C23H26N2O3S/c1-23(2)19-8-4-5-9-20(19)24(14-6-7-15-29-3)22(23)13-10-17-16-18(25(27)28)11-12-21(17)26/h4-5,8-13,16H,6-7,14-15H2,1-3H3/b17-10-,22-13-. The van der Waals surface area contributed by atoms with Gasteiger partial charge in [-0.05, 0) is 54.7 Å². The normalized spacial score (nSPS) is 20.3. The summed E-state index contributed by atoms with van der Waals surface area (Å²) in [6.07, 6.45) is 11.9. The van der Waals surface area contributed by atoms with Gasteiger partial charge in [-0.1, -0.05) is 32.0 Å². The molecule has 0 aromatic heterocycles. The highest BCUT2D eigenvalue weighted by atomic mass is 32.2. The quantitative estimate of drug-likeness (QED) is 0.273. The lowest BCUT2D eigenvalue weighted by Crippen LogP contribution is -2.27. The van der Waals surface area contributed by atoms with Crippen molar-refractivity contribution in [2.24, 2.45) is 0 Å². The first-order valence-corrected chi connectivity index (χ1v) is 11.1. The maximum atomic E-state index is 12.2. The van der Waals surface area contributed by atoms with E-state index in [0.29, 0.717) is 5.57 Å². The number of anilines is 1. The van der Waals surface area contributed by atoms with E-state index >= 15 is 0 Å². The van der Waals surface area contributed by atoms with Gasteiger partial charge in [-0.15, -0.1) is 0 Å². The van der Waals surface area contributed by atoms with Gasteiger partial charge in [0.05, 0.1) is 4.92 Å². The smallest absolute Gasteiger partial charge is 0.270 e. The van der Waals surface area contributed by atoms with E-state index in [4.69, 9.17) is 0 Å². The van der Waals surface area contributed by atoms with Gasteiger partial charge in [-0.2, -0.15) is 11.8 Å². The molecule has 1 heterocycles. The zero-order valence-electron chi connectivity index (χ0n) is 17.1. The third-order valence-corrected chi connectivity index (χ3v) is 6.10. The first-order chi connectivity index (χ1) is 13.9. The van der Waals surface area contributed by atoms with Crippen molar-refractivity contribution < 1.29 is 9.72 Å². The third kappa shape index (κ3) is 4.37. The highest BCUT2D eigenvalue weighted by Crippen LogP contribution is 2.47. The number of para-hydroxylation sites is 1. The highest BCUT2D eigenvalue weighted by molar-refractivity contribution is 7.98. The number of benzene rings is 1. The van der Waals surface area contributed by atoms with Crippen LogP contribution in [0.25, 0.3) is 0 Å². The van der Waals surface area contributed by atoms with E-state index in [1.807, 2.05) is 23.9 Å². The number of thioether (sulfide) groups is 1. The molecular formula is C23H26N2O3S. The van der Waals surface area contributed by atoms with Gasteiger partial charge in [0.1, 0.15) is 0 Å². The summed E-state index contributed by atoms with van der Waals surface area (Å²) in [7, 11) is 0. The third-order valence-electron chi connectivity index (χ3n) is 5.40. The molecule has 1 aromatic carbocycles. The van der Waals surface area contributed by atoms with Crippen LogP contribution in [0, 0.1) is 10.1 Å². The maximum Gasteiger partial charge on any atom is 0.270 e. The van der Waals surface area contributed by atoms with Crippen molar-refractivity contribution in [3.8, 4) is 0 Å². The lowest BCUT2D eigenvalue weighted by atomic mass is 9.83. The average molecular weight is 411 g/mol. The lowest BCUT2D eigenvalue weighted by molar-refractivity contribution is -0.419. The molecule has 3 rings (SSSR count). The molecule has 0 bridgehead atoms. The van der Waals surface area contributed by atoms with Crippen molar-refractivity contribution in [2.45, 2.75) is 32.1 Å². The topological polar surface area (TPSA) is 63.4 Å². The van der Waals surface area contributed by atoms with Gasteiger partial charge in [-0.25, -0.2) is 0 Å². The van der Waals surface area contributed by atoms with Crippen molar-refractivity contribution in [2.75, 3.05) is 23.5 Å². The number of ketones is 1. The van der Waals surface area contributed by atoms with Crippen LogP contribution in [0.3, 0.4) is 0 Å². The molecule has 5 nitrogen and oxygen atoms in total. The van der Waals surface area contributed by atoms with Gasteiger partial charge in [0.25, 0.3) is 5.70 Å². The second-order valence-corrected chi connectivity index (χ2v) is 8.68. The predicted molar refractivity (Wildman–Crippen MR) is 120 cm³/mol. The molecule has 0 saturated heterocycles. The van der Waals surface area contributed by atoms with Crippen LogP contribution in [0.15, 0.2) is 71.6 Å². The molecule has 0 unspecified atom stereocenters. The summed E-state index contributed by atoms with van der Waals surface area (Å²) in [4.78, 5) is 25.1. The number of hydrogen-bond donors (Lipinski definition) is 0. The number of carbonyl (C=O) groups is 1. The van der Waals surface area contributed by atoms with Crippen LogP contribution in [0.5, 0.6) is 0 Å². The van der Waals surface area contributed by atoms with Gasteiger partial charge in [0.15, 0.2) is 5.78 Å². The molecule has 0 spiro atoms. The number of carbonyl (C=O) groups excluding carboxylic acids is 1. The summed E-state index contributed by atoms with van der Waals surface area (Å²) in [5, 5.41) is 11.1. The highest BCUT2D eigenvalue weighted by Gasteiger charge is 2.39. The van der Waals surface area contributed by atoms with E-state index in [9.17, 15) is 14.9 Å². The molecule has 1 aromatic rings. The van der Waals surface area contributed by atoms with Crippen LogP contribution < -0.4 is 4.90 Å². The van der Waals surface area contributed by atoms with Crippen LogP contribution >= 0.6 is 11.8 Å². The Morgan fingerprint density at radius 1 is 1.17 bits per heavy atom. The van der Waals surface area contributed by atoms with E-state index in [1.165, 1.54) is 29.5 Å². The summed E-state index contributed by atoms with van der Waals surface area (Å²) in [6, 6.07) is 8.39. The van der Waals surface area contributed by atoms with Crippen molar-refractivity contribution in [1.82, 2.24) is 0 Å². The minimum atomic E-state index is -0.475. The molecule has 0 saturated carbocycles. The molecule has 1 aliphatic heterocycles. The van der Waals surface area contributed by atoms with E-state index < -0.39 is 4.92 Å². The number of nitro groups is 1. The predicted octanol–water partition coefficient (Wildman–Crippen LogP) is 5.04. The van der Waals surface area contributed by atoms with Crippen molar-refractivity contribution in [1.29, 1.82) is 0 Å². The first-order valence-electron chi connectivity index (χ1n) is 9.73. The number of nitrogens with zero attached hydrogens (tertiary/aromatic N) is 2. The molecule has 2 aliphatic rings. The molecule has 152 valence electrons. The fraction of sp³-hybridized carbons (Fsp3) is 0.348. The summed E-state index contributed by atoms with van der Waals surface area (Å²) >= 11 is 1.85. The minimum absolute atomic E-state index is 0.0721. The molecule has 0 amide bonds. The zero-order valence-corrected chi connectivity index (χ0v) is 17.9. The molecule has 29 heavy (non-hydrogen) atoms. The van der Waals surface area contributed by atoms with Crippen molar-refractivity contribution in [3.63, 3.8) is 0 Å². The number of fused-ring (bicyclic) bond motifs is 1. The van der Waals surface area contributed by atoms with Crippen LogP contribution in [-0.2, 0) is 10.2 Å². The van der Waals surface area contributed by atoms with Crippen molar-refractivity contribution >= 4 is 23.2 Å². The Morgan fingerprint density at radius 3 is 2.66 bits per heavy atom. The summed E-state index contributed by atoms with van der Waals surface area (Å²) in [5.41, 5.74) is 3.61.